The Kier molecular flexibility index (Phi) is 6.18. The standard InChI is InChI=1S/C22H22ClN3O3S2/c1-14(27)17-6-3-7-19-22(17)18(13-31(28,29)21-9-8-20(23)30-21)25-26(19)12-16-5-2-4-15(10-16)11-24/h2-10,14,27H,11-13,24H2,1H3. The van der Waals surface area contributed by atoms with Gasteiger partial charge in [-0.05, 0) is 41.8 Å². The van der Waals surface area contributed by atoms with Gasteiger partial charge in [0, 0.05) is 11.9 Å². The Morgan fingerprint density at radius 3 is 2.58 bits per heavy atom. The molecular formula is C22H22ClN3O3S2. The van der Waals surface area contributed by atoms with Gasteiger partial charge in [0.15, 0.2) is 9.84 Å². The third kappa shape index (κ3) is 4.53. The highest BCUT2D eigenvalue weighted by molar-refractivity contribution is 7.92. The molecule has 0 saturated heterocycles. The predicted octanol–water partition coefficient (Wildman–Crippen LogP) is 4.29. The van der Waals surface area contributed by atoms with Gasteiger partial charge in [-0.2, -0.15) is 5.10 Å². The summed E-state index contributed by atoms with van der Waals surface area (Å²) in [5, 5.41) is 15.6. The molecule has 1 unspecified atom stereocenters. The van der Waals surface area contributed by atoms with Crippen LogP contribution in [-0.2, 0) is 28.7 Å². The van der Waals surface area contributed by atoms with Gasteiger partial charge >= 0.3 is 0 Å². The fourth-order valence-corrected chi connectivity index (χ4v) is 6.50. The van der Waals surface area contributed by atoms with Crippen molar-refractivity contribution in [2.24, 2.45) is 5.73 Å². The van der Waals surface area contributed by atoms with Gasteiger partial charge in [-0.25, -0.2) is 8.42 Å². The maximum absolute atomic E-state index is 13.0. The monoisotopic (exact) mass is 475 g/mol. The van der Waals surface area contributed by atoms with Crippen molar-refractivity contribution in [2.45, 2.75) is 36.1 Å². The number of sulfone groups is 1. The quantitative estimate of drug-likeness (QED) is 0.415. The average Bonchev–Trinajstić information content (AvgIpc) is 3.32. The minimum absolute atomic E-state index is 0.199. The van der Waals surface area contributed by atoms with Crippen LogP contribution in [0.1, 0.15) is 35.4 Å². The van der Waals surface area contributed by atoms with Crippen LogP contribution in [-0.4, -0.2) is 23.3 Å². The third-order valence-electron chi connectivity index (χ3n) is 5.07. The number of aromatic nitrogens is 2. The lowest BCUT2D eigenvalue weighted by atomic mass is 10.0. The molecule has 2 heterocycles. The Balaban J connectivity index is 1.82. The molecule has 0 saturated carbocycles. The molecule has 3 N–H and O–H groups in total. The molecule has 0 aliphatic carbocycles. The van der Waals surface area contributed by atoms with Crippen LogP contribution >= 0.6 is 22.9 Å². The summed E-state index contributed by atoms with van der Waals surface area (Å²) >= 11 is 6.97. The number of aliphatic hydroxyl groups is 1. The first kappa shape index (κ1) is 22.0. The van der Waals surface area contributed by atoms with E-state index in [1.54, 1.807) is 23.7 Å². The number of thiophene rings is 1. The van der Waals surface area contributed by atoms with Gasteiger partial charge < -0.3 is 10.8 Å². The number of fused-ring (bicyclic) bond motifs is 1. The Hall–Kier alpha value is -2.23. The number of nitrogens with two attached hydrogens (primary N) is 1. The Labute approximate surface area is 189 Å². The third-order valence-corrected chi connectivity index (χ3v) is 8.51. The summed E-state index contributed by atoms with van der Waals surface area (Å²) in [7, 11) is -3.64. The summed E-state index contributed by atoms with van der Waals surface area (Å²) in [6.45, 7) is 2.55. The Morgan fingerprint density at radius 2 is 1.90 bits per heavy atom. The molecule has 9 heteroatoms. The molecule has 0 amide bonds. The number of nitrogens with zero attached hydrogens (tertiary/aromatic N) is 2. The number of rotatable bonds is 7. The van der Waals surface area contributed by atoms with E-state index in [1.165, 1.54) is 6.07 Å². The number of hydrogen-bond acceptors (Lipinski definition) is 6. The topological polar surface area (TPSA) is 98.2 Å². The number of hydrogen-bond donors (Lipinski definition) is 2. The SMILES string of the molecule is CC(O)c1cccc2c1c(CS(=O)(=O)c1ccc(Cl)s1)nn2Cc1cccc(CN)c1. The molecule has 0 bridgehead atoms. The molecule has 4 aromatic rings. The van der Waals surface area contributed by atoms with E-state index in [4.69, 9.17) is 17.3 Å². The minimum atomic E-state index is -3.64. The van der Waals surface area contributed by atoms with E-state index >= 15 is 0 Å². The van der Waals surface area contributed by atoms with E-state index in [0.717, 1.165) is 28.0 Å². The van der Waals surface area contributed by atoms with Crippen LogP contribution in [0.4, 0.5) is 0 Å². The van der Waals surface area contributed by atoms with Gasteiger partial charge in [-0.3, -0.25) is 4.68 Å². The highest BCUT2D eigenvalue weighted by Gasteiger charge is 2.24. The van der Waals surface area contributed by atoms with Crippen LogP contribution in [0.2, 0.25) is 4.34 Å². The van der Waals surface area contributed by atoms with Gasteiger partial charge in [-0.15, -0.1) is 11.3 Å². The molecular weight excluding hydrogens is 454 g/mol. The van der Waals surface area contributed by atoms with Crippen LogP contribution in [0.25, 0.3) is 10.9 Å². The molecule has 4 rings (SSSR count). The van der Waals surface area contributed by atoms with E-state index in [2.05, 4.69) is 5.10 Å². The summed E-state index contributed by atoms with van der Waals surface area (Å²) in [6.07, 6.45) is -0.764. The molecule has 31 heavy (non-hydrogen) atoms. The van der Waals surface area contributed by atoms with Crippen molar-refractivity contribution in [3.8, 4) is 0 Å². The molecule has 6 nitrogen and oxygen atoms in total. The first-order chi connectivity index (χ1) is 14.8. The molecule has 0 aliphatic heterocycles. The zero-order chi connectivity index (χ0) is 22.2. The van der Waals surface area contributed by atoms with Gasteiger partial charge in [0.05, 0.1) is 28.2 Å². The van der Waals surface area contributed by atoms with E-state index in [1.807, 2.05) is 36.4 Å². The zero-order valence-corrected chi connectivity index (χ0v) is 19.2. The zero-order valence-electron chi connectivity index (χ0n) is 16.8. The van der Waals surface area contributed by atoms with Crippen molar-refractivity contribution in [2.75, 3.05) is 0 Å². The van der Waals surface area contributed by atoms with E-state index < -0.39 is 15.9 Å². The van der Waals surface area contributed by atoms with Crippen LogP contribution < -0.4 is 5.73 Å². The van der Waals surface area contributed by atoms with Crippen molar-refractivity contribution in [1.82, 2.24) is 9.78 Å². The Morgan fingerprint density at radius 1 is 1.16 bits per heavy atom. The highest BCUT2D eigenvalue weighted by Crippen LogP contribution is 2.32. The van der Waals surface area contributed by atoms with Gasteiger partial charge in [0.2, 0.25) is 0 Å². The van der Waals surface area contributed by atoms with Crippen molar-refractivity contribution < 1.29 is 13.5 Å². The smallest absolute Gasteiger partial charge is 0.193 e. The second kappa shape index (κ2) is 8.72. The molecule has 2 aromatic carbocycles. The second-order valence-electron chi connectivity index (χ2n) is 7.36. The maximum Gasteiger partial charge on any atom is 0.193 e. The number of halogens is 1. The lowest BCUT2D eigenvalue weighted by Gasteiger charge is -2.09. The highest BCUT2D eigenvalue weighted by atomic mass is 35.5. The molecule has 0 radical (unpaired) electrons. The maximum atomic E-state index is 13.0. The molecule has 162 valence electrons. The van der Waals surface area contributed by atoms with Crippen molar-refractivity contribution in [3.63, 3.8) is 0 Å². The lowest BCUT2D eigenvalue weighted by Crippen LogP contribution is -2.07. The first-order valence-corrected chi connectivity index (χ1v) is 12.6. The minimum Gasteiger partial charge on any atom is -0.389 e. The molecule has 1 atom stereocenters. The summed E-state index contributed by atoms with van der Waals surface area (Å²) in [6, 6.07) is 16.5. The number of benzene rings is 2. The van der Waals surface area contributed by atoms with E-state index in [0.29, 0.717) is 34.1 Å². The van der Waals surface area contributed by atoms with Crippen LogP contribution in [0.5, 0.6) is 0 Å². The summed E-state index contributed by atoms with van der Waals surface area (Å²) in [5.74, 6) is -0.278. The molecule has 0 aliphatic rings. The molecule has 0 fully saturated rings. The van der Waals surface area contributed by atoms with Crippen molar-refractivity contribution >= 4 is 43.7 Å². The first-order valence-electron chi connectivity index (χ1n) is 9.71. The van der Waals surface area contributed by atoms with E-state index in [9.17, 15) is 13.5 Å². The van der Waals surface area contributed by atoms with Crippen LogP contribution in [0.15, 0.2) is 58.8 Å². The Bertz CT molecular complexity index is 1340. The fraction of sp³-hybridized carbons (Fsp3) is 0.227. The normalized spacial score (nSPS) is 13.0. The fourth-order valence-electron chi connectivity index (χ4n) is 3.65. The average molecular weight is 476 g/mol. The van der Waals surface area contributed by atoms with Crippen LogP contribution in [0, 0.1) is 0 Å². The van der Waals surface area contributed by atoms with Gasteiger partial charge in [0.1, 0.15) is 9.96 Å². The largest absolute Gasteiger partial charge is 0.389 e. The number of aliphatic hydroxyl groups excluding tert-OH is 1. The van der Waals surface area contributed by atoms with E-state index in [-0.39, 0.29) is 9.96 Å². The van der Waals surface area contributed by atoms with Gasteiger partial charge in [0.25, 0.3) is 0 Å². The second-order valence-corrected chi connectivity index (χ2v) is 11.3. The van der Waals surface area contributed by atoms with Crippen molar-refractivity contribution in [3.05, 3.63) is 81.3 Å². The summed E-state index contributed by atoms with van der Waals surface area (Å²) in [5.41, 5.74) is 9.60. The van der Waals surface area contributed by atoms with Crippen molar-refractivity contribution in [1.29, 1.82) is 0 Å². The van der Waals surface area contributed by atoms with Crippen LogP contribution in [0.3, 0.4) is 0 Å². The predicted molar refractivity (Wildman–Crippen MR) is 124 cm³/mol. The summed E-state index contributed by atoms with van der Waals surface area (Å²) in [4.78, 5) is 0. The molecule has 0 spiro atoms. The lowest BCUT2D eigenvalue weighted by molar-refractivity contribution is 0.201. The van der Waals surface area contributed by atoms with Gasteiger partial charge in [-0.1, -0.05) is 48.0 Å². The summed E-state index contributed by atoms with van der Waals surface area (Å²) < 4.78 is 28.4. The molecule has 2 aromatic heterocycles.